The van der Waals surface area contributed by atoms with Crippen molar-refractivity contribution in [2.45, 2.75) is 72.0 Å². The Morgan fingerprint density at radius 1 is 0.978 bits per heavy atom. The van der Waals surface area contributed by atoms with Crippen LogP contribution in [-0.4, -0.2) is 75.8 Å². The van der Waals surface area contributed by atoms with Crippen molar-refractivity contribution >= 4 is 53.2 Å². The first kappa shape index (κ1) is 37.3. The van der Waals surface area contributed by atoms with Gasteiger partial charge in [-0.2, -0.15) is 0 Å². The average molecular weight is 663 g/mol. The molecule has 0 atom stereocenters. The van der Waals surface area contributed by atoms with Crippen LogP contribution in [0.1, 0.15) is 70.4 Å². The molecule has 0 spiro atoms. The molecule has 17 heteroatoms. The maximum Gasteiger partial charge on any atom is 0.437 e. The first-order valence-electron chi connectivity index (χ1n) is 14.4. The zero-order valence-electron chi connectivity index (χ0n) is 26.9. The van der Waals surface area contributed by atoms with Gasteiger partial charge in [0.15, 0.2) is 28.4 Å². The number of amides is 3. The number of carbonyl (C=O) groups excluding carboxylic acids is 3. The SMILES string of the molecule is CC(C)(C)OC(=O)/N=C(\NCCOc1ccc(CCCCN(C(=N)N)C(=O)c2nc(Cl)c(N)nc2N)cc1)NC(=O)OC(C)(C)C. The molecule has 1 aromatic carbocycles. The van der Waals surface area contributed by atoms with E-state index < -0.39 is 35.3 Å². The van der Waals surface area contributed by atoms with Crippen LogP contribution >= 0.6 is 11.6 Å². The number of nitrogens with zero attached hydrogens (tertiary/aromatic N) is 4. The fourth-order valence-corrected chi connectivity index (χ4v) is 3.76. The molecule has 0 radical (unpaired) electrons. The lowest BCUT2D eigenvalue weighted by molar-refractivity contribution is 0.0560. The van der Waals surface area contributed by atoms with Crippen molar-refractivity contribution in [3.63, 3.8) is 0 Å². The highest BCUT2D eigenvalue weighted by Crippen LogP contribution is 2.19. The number of unbranched alkanes of at least 4 members (excludes halogenated alkanes) is 1. The number of guanidine groups is 2. The van der Waals surface area contributed by atoms with Crippen molar-refractivity contribution < 1.29 is 28.6 Å². The lowest BCUT2D eigenvalue weighted by atomic mass is 10.1. The number of nitrogens with one attached hydrogen (secondary N) is 3. The summed E-state index contributed by atoms with van der Waals surface area (Å²) in [6.45, 7) is 10.8. The Labute approximate surface area is 272 Å². The summed E-state index contributed by atoms with van der Waals surface area (Å²) in [5, 5.41) is 12.9. The Morgan fingerprint density at radius 3 is 2.20 bits per heavy atom. The molecule has 9 N–H and O–H groups in total. The number of halogens is 1. The van der Waals surface area contributed by atoms with E-state index >= 15 is 0 Å². The number of hydrogen-bond donors (Lipinski definition) is 6. The topological polar surface area (TPSA) is 246 Å². The zero-order valence-corrected chi connectivity index (χ0v) is 27.7. The van der Waals surface area contributed by atoms with Gasteiger partial charge in [-0.15, -0.1) is 4.99 Å². The number of rotatable bonds is 10. The number of anilines is 2. The van der Waals surface area contributed by atoms with Crippen LogP contribution in [0.2, 0.25) is 5.15 Å². The molecular weight excluding hydrogens is 620 g/mol. The van der Waals surface area contributed by atoms with Crippen LogP contribution in [0.15, 0.2) is 29.3 Å². The van der Waals surface area contributed by atoms with Crippen molar-refractivity contribution in [1.82, 2.24) is 25.5 Å². The Balaban J connectivity index is 1.86. The van der Waals surface area contributed by atoms with E-state index in [0.717, 1.165) is 10.5 Å². The summed E-state index contributed by atoms with van der Waals surface area (Å²) < 4.78 is 16.2. The average Bonchev–Trinajstić information content (AvgIpc) is 2.91. The van der Waals surface area contributed by atoms with Gasteiger partial charge in [-0.1, -0.05) is 23.7 Å². The molecule has 3 amide bonds. The maximum absolute atomic E-state index is 12.9. The summed E-state index contributed by atoms with van der Waals surface area (Å²) in [6, 6.07) is 7.43. The fourth-order valence-electron chi connectivity index (χ4n) is 3.64. The summed E-state index contributed by atoms with van der Waals surface area (Å²) in [4.78, 5) is 49.8. The molecule has 2 aromatic rings. The van der Waals surface area contributed by atoms with Gasteiger partial charge in [0.05, 0.1) is 6.54 Å². The number of aliphatic imine (C=N–C) groups is 1. The van der Waals surface area contributed by atoms with Crippen molar-refractivity contribution in [2.24, 2.45) is 10.7 Å². The maximum atomic E-state index is 12.9. The standard InChI is InChI=1S/C29H43ClN10O6/c1-28(2,3)45-26(42)38-25(39-27(43)46-29(4,5)6)35-14-16-44-18-12-10-17(11-13-18)9-7-8-15-40(24(33)34)23(41)19-21(31)37-22(32)20(30)36-19/h10-13H,7-9,14-16H2,1-6H3,(H3,33,34)(H4,31,32,37)(H2,35,38,39,42,43). The molecule has 2 rings (SSSR count). The number of hydrogen-bond acceptors (Lipinski definition) is 11. The molecule has 0 saturated heterocycles. The van der Waals surface area contributed by atoms with Gasteiger partial charge in [0.2, 0.25) is 5.96 Å². The van der Waals surface area contributed by atoms with E-state index in [-0.39, 0.29) is 48.1 Å². The predicted molar refractivity (Wildman–Crippen MR) is 175 cm³/mol. The molecule has 46 heavy (non-hydrogen) atoms. The van der Waals surface area contributed by atoms with Crippen LogP contribution < -0.4 is 32.6 Å². The molecule has 0 fully saturated rings. The minimum absolute atomic E-state index is 0.107. The van der Waals surface area contributed by atoms with E-state index in [2.05, 4.69) is 25.6 Å². The van der Waals surface area contributed by atoms with E-state index in [9.17, 15) is 14.4 Å². The number of benzene rings is 1. The highest BCUT2D eigenvalue weighted by Gasteiger charge is 2.24. The molecule has 0 bridgehead atoms. The third-order valence-electron chi connectivity index (χ3n) is 5.54. The van der Waals surface area contributed by atoms with Gasteiger partial charge in [0.1, 0.15) is 23.6 Å². The normalized spacial score (nSPS) is 11.8. The number of alkyl carbamates (subject to hydrolysis) is 1. The second-order valence-corrected chi connectivity index (χ2v) is 12.3. The van der Waals surface area contributed by atoms with Crippen LogP contribution in [0.5, 0.6) is 5.75 Å². The lowest BCUT2D eigenvalue weighted by Gasteiger charge is -2.21. The van der Waals surface area contributed by atoms with Gasteiger partial charge in [0.25, 0.3) is 5.91 Å². The molecular formula is C29H43ClN10O6. The number of ether oxygens (including phenoxy) is 3. The largest absolute Gasteiger partial charge is 0.492 e. The second kappa shape index (κ2) is 16.5. The number of aryl methyl sites for hydroxylation is 1. The number of nitrogens with two attached hydrogens (primary N) is 3. The van der Waals surface area contributed by atoms with E-state index in [4.69, 9.17) is 48.4 Å². The van der Waals surface area contributed by atoms with Gasteiger partial charge in [0, 0.05) is 6.54 Å². The van der Waals surface area contributed by atoms with Gasteiger partial charge >= 0.3 is 12.2 Å². The number of aromatic nitrogens is 2. The Kier molecular flexibility index (Phi) is 13.3. The van der Waals surface area contributed by atoms with Crippen molar-refractivity contribution in [1.29, 1.82) is 5.41 Å². The van der Waals surface area contributed by atoms with Crippen LogP contribution in [0.25, 0.3) is 0 Å². The number of nitrogen functional groups attached to an aromatic ring is 2. The molecule has 16 nitrogen and oxygen atoms in total. The van der Waals surface area contributed by atoms with Gasteiger partial charge in [-0.05, 0) is 78.5 Å². The van der Waals surface area contributed by atoms with Crippen molar-refractivity contribution in [3.8, 4) is 5.75 Å². The van der Waals surface area contributed by atoms with Crippen molar-refractivity contribution in [3.05, 3.63) is 40.7 Å². The minimum Gasteiger partial charge on any atom is -0.492 e. The number of carbonyl (C=O) groups is 3. The van der Waals surface area contributed by atoms with E-state index in [0.29, 0.717) is 25.0 Å². The van der Waals surface area contributed by atoms with E-state index in [1.807, 2.05) is 24.3 Å². The van der Waals surface area contributed by atoms with Gasteiger partial charge < -0.3 is 36.7 Å². The zero-order chi connectivity index (χ0) is 34.7. The molecule has 0 unspecified atom stereocenters. The van der Waals surface area contributed by atoms with Crippen LogP contribution in [0, 0.1) is 5.41 Å². The quantitative estimate of drug-likeness (QED) is 0.122. The summed E-state index contributed by atoms with van der Waals surface area (Å²) in [5.41, 5.74) is 16.2. The highest BCUT2D eigenvalue weighted by atomic mass is 35.5. The Bertz CT molecular complexity index is 1420. The molecule has 1 heterocycles. The lowest BCUT2D eigenvalue weighted by Crippen LogP contribution is -2.45. The molecule has 0 saturated carbocycles. The monoisotopic (exact) mass is 662 g/mol. The molecule has 252 valence electrons. The van der Waals surface area contributed by atoms with Crippen LogP contribution in [0.3, 0.4) is 0 Å². The van der Waals surface area contributed by atoms with E-state index in [1.165, 1.54) is 0 Å². The smallest absolute Gasteiger partial charge is 0.437 e. The summed E-state index contributed by atoms with van der Waals surface area (Å²) in [6.07, 6.45) is 0.252. The summed E-state index contributed by atoms with van der Waals surface area (Å²) in [5.74, 6) is -1.00. The minimum atomic E-state index is -0.881. The highest BCUT2D eigenvalue weighted by molar-refractivity contribution is 6.31. The second-order valence-electron chi connectivity index (χ2n) is 11.9. The third kappa shape index (κ3) is 13.4. The summed E-state index contributed by atoms with van der Waals surface area (Å²) >= 11 is 5.88. The van der Waals surface area contributed by atoms with Gasteiger partial charge in [-0.25, -0.2) is 19.6 Å². The molecule has 0 aliphatic rings. The van der Waals surface area contributed by atoms with E-state index in [1.54, 1.807) is 41.5 Å². The molecule has 1 aromatic heterocycles. The molecule has 0 aliphatic carbocycles. The third-order valence-corrected chi connectivity index (χ3v) is 5.82. The van der Waals surface area contributed by atoms with Crippen LogP contribution in [-0.2, 0) is 15.9 Å². The first-order chi connectivity index (χ1) is 21.3. The fraction of sp³-hybridized carbons (Fsp3) is 0.483. The summed E-state index contributed by atoms with van der Waals surface area (Å²) in [7, 11) is 0. The van der Waals surface area contributed by atoms with Crippen molar-refractivity contribution in [2.75, 3.05) is 31.2 Å². The first-order valence-corrected chi connectivity index (χ1v) is 14.7. The Hall–Kier alpha value is -4.86. The predicted octanol–water partition coefficient (Wildman–Crippen LogP) is 3.44. The van der Waals surface area contributed by atoms with Crippen LogP contribution in [0.4, 0.5) is 21.2 Å². The molecule has 0 aliphatic heterocycles. The Morgan fingerprint density at radius 2 is 1.61 bits per heavy atom. The van der Waals surface area contributed by atoms with Gasteiger partial charge in [-0.3, -0.25) is 20.4 Å².